The fourth-order valence-electron chi connectivity index (χ4n) is 1.23. The Hall–Kier alpha value is -0.580. The van der Waals surface area contributed by atoms with Crippen LogP contribution in [0.2, 0.25) is 5.02 Å². The van der Waals surface area contributed by atoms with Crippen LogP contribution in [-0.2, 0) is 0 Å². The smallest absolute Gasteiger partial charge is 0.255 e. The summed E-state index contributed by atoms with van der Waals surface area (Å²) in [5.74, 6) is -0.213. The lowest BCUT2D eigenvalue weighted by Gasteiger charge is -2.34. The number of carbonyl (C=O) groups excluding carboxylic acids is 1. The second kappa shape index (κ2) is 5.38. The molecule has 1 aromatic carbocycles. The number of carbonyl (C=O) groups is 1. The van der Waals surface area contributed by atoms with E-state index in [2.05, 4.69) is 15.9 Å². The third kappa shape index (κ3) is 3.00. The number of aliphatic hydroxyl groups excluding tert-OH is 1. The van der Waals surface area contributed by atoms with E-state index in [9.17, 15) is 9.90 Å². The van der Waals surface area contributed by atoms with Crippen molar-refractivity contribution in [1.82, 2.24) is 4.90 Å². The summed E-state index contributed by atoms with van der Waals surface area (Å²) >= 11 is 9.35. The monoisotopic (exact) mass is 319 g/mol. The van der Waals surface area contributed by atoms with Gasteiger partial charge in [0.25, 0.3) is 5.91 Å². The summed E-state index contributed by atoms with van der Waals surface area (Å²) in [4.78, 5) is 13.7. The molecule has 94 valence electrons. The molecule has 0 heterocycles. The molecule has 0 aliphatic carbocycles. The molecule has 0 saturated heterocycles. The molecule has 0 atom stereocenters. The number of amides is 1. The molecule has 3 nitrogen and oxygen atoms in total. The SMILES string of the molecule is CN(C(=O)c1cccc(Br)c1Cl)C(C)(C)CO. The Morgan fingerprint density at radius 2 is 2.12 bits per heavy atom. The molecule has 1 N–H and O–H groups in total. The van der Waals surface area contributed by atoms with Crippen LogP contribution in [0.15, 0.2) is 22.7 Å². The van der Waals surface area contributed by atoms with Crippen molar-refractivity contribution in [2.24, 2.45) is 0 Å². The highest BCUT2D eigenvalue weighted by molar-refractivity contribution is 9.10. The highest BCUT2D eigenvalue weighted by Gasteiger charge is 2.28. The van der Waals surface area contributed by atoms with E-state index in [-0.39, 0.29) is 12.5 Å². The standard InChI is InChI=1S/C12H15BrClNO2/c1-12(2,7-16)15(3)11(17)8-5-4-6-9(13)10(8)14/h4-6,16H,7H2,1-3H3. The van der Waals surface area contributed by atoms with Gasteiger partial charge in [0.15, 0.2) is 0 Å². The largest absolute Gasteiger partial charge is 0.394 e. The first-order valence-corrected chi connectivity index (χ1v) is 6.31. The van der Waals surface area contributed by atoms with Crippen molar-refractivity contribution in [2.75, 3.05) is 13.7 Å². The van der Waals surface area contributed by atoms with Crippen LogP contribution >= 0.6 is 27.5 Å². The number of hydrogen-bond acceptors (Lipinski definition) is 2. The number of aliphatic hydroxyl groups is 1. The first kappa shape index (κ1) is 14.5. The molecule has 5 heteroatoms. The van der Waals surface area contributed by atoms with E-state index in [1.54, 1.807) is 39.1 Å². The van der Waals surface area contributed by atoms with Crippen LogP contribution in [0.5, 0.6) is 0 Å². The first-order chi connectivity index (χ1) is 7.81. The van der Waals surface area contributed by atoms with Crippen LogP contribution in [0.1, 0.15) is 24.2 Å². The van der Waals surface area contributed by atoms with Gasteiger partial charge in [-0.2, -0.15) is 0 Å². The molecule has 17 heavy (non-hydrogen) atoms. The fourth-order valence-corrected chi connectivity index (χ4v) is 1.80. The van der Waals surface area contributed by atoms with E-state index in [4.69, 9.17) is 11.6 Å². The summed E-state index contributed by atoms with van der Waals surface area (Å²) < 4.78 is 0.681. The Kier molecular flexibility index (Phi) is 4.58. The maximum Gasteiger partial charge on any atom is 0.255 e. The lowest BCUT2D eigenvalue weighted by Crippen LogP contribution is -2.47. The Morgan fingerprint density at radius 3 is 2.65 bits per heavy atom. The molecular formula is C12H15BrClNO2. The zero-order valence-electron chi connectivity index (χ0n) is 10.00. The van der Waals surface area contributed by atoms with Crippen molar-refractivity contribution in [3.05, 3.63) is 33.3 Å². The molecule has 1 aromatic rings. The number of likely N-dealkylation sites (N-methyl/N-ethyl adjacent to an activating group) is 1. The van der Waals surface area contributed by atoms with E-state index < -0.39 is 5.54 Å². The normalized spacial score (nSPS) is 11.4. The second-order valence-corrected chi connectivity index (χ2v) is 5.67. The van der Waals surface area contributed by atoms with Crippen LogP contribution in [0, 0.1) is 0 Å². The number of rotatable bonds is 3. The third-order valence-corrected chi connectivity index (χ3v) is 4.08. The minimum absolute atomic E-state index is 0.110. The Balaban J connectivity index is 3.09. The first-order valence-electron chi connectivity index (χ1n) is 5.14. The van der Waals surface area contributed by atoms with Crippen molar-refractivity contribution >= 4 is 33.4 Å². The van der Waals surface area contributed by atoms with Gasteiger partial charge in [-0.25, -0.2) is 0 Å². The molecule has 1 amide bonds. The third-order valence-electron chi connectivity index (χ3n) is 2.78. The molecule has 0 fully saturated rings. The van der Waals surface area contributed by atoms with Crippen molar-refractivity contribution < 1.29 is 9.90 Å². The van der Waals surface area contributed by atoms with Crippen molar-refractivity contribution in [1.29, 1.82) is 0 Å². The summed E-state index contributed by atoms with van der Waals surface area (Å²) in [7, 11) is 1.65. The summed E-state index contributed by atoms with van der Waals surface area (Å²) in [6.07, 6.45) is 0. The molecule has 0 aliphatic heterocycles. The molecule has 0 radical (unpaired) electrons. The van der Waals surface area contributed by atoms with Crippen LogP contribution < -0.4 is 0 Å². The summed E-state index contributed by atoms with van der Waals surface area (Å²) in [6.45, 7) is 3.47. The van der Waals surface area contributed by atoms with Crippen molar-refractivity contribution in [3.8, 4) is 0 Å². The van der Waals surface area contributed by atoms with Gasteiger partial charge in [0.2, 0.25) is 0 Å². The highest BCUT2D eigenvalue weighted by Crippen LogP contribution is 2.28. The Morgan fingerprint density at radius 1 is 1.53 bits per heavy atom. The zero-order chi connectivity index (χ0) is 13.2. The van der Waals surface area contributed by atoms with Gasteiger partial charge in [-0.05, 0) is 41.9 Å². The highest BCUT2D eigenvalue weighted by atomic mass is 79.9. The predicted molar refractivity (Wildman–Crippen MR) is 72.4 cm³/mol. The van der Waals surface area contributed by atoms with E-state index >= 15 is 0 Å². The topological polar surface area (TPSA) is 40.5 Å². The van der Waals surface area contributed by atoms with Gasteiger partial charge in [-0.1, -0.05) is 17.7 Å². The van der Waals surface area contributed by atoms with Gasteiger partial charge in [0.1, 0.15) is 0 Å². The van der Waals surface area contributed by atoms with Gasteiger partial charge in [0, 0.05) is 11.5 Å². The lowest BCUT2D eigenvalue weighted by molar-refractivity contribution is 0.0473. The maximum atomic E-state index is 12.2. The van der Waals surface area contributed by atoms with Gasteiger partial charge >= 0.3 is 0 Å². The van der Waals surface area contributed by atoms with Crippen molar-refractivity contribution in [2.45, 2.75) is 19.4 Å². The summed E-state index contributed by atoms with van der Waals surface area (Å²) in [6, 6.07) is 5.19. The van der Waals surface area contributed by atoms with Gasteiger partial charge < -0.3 is 10.0 Å². The van der Waals surface area contributed by atoms with Crippen LogP contribution in [0.3, 0.4) is 0 Å². The number of halogens is 2. The van der Waals surface area contributed by atoms with Crippen LogP contribution in [0.4, 0.5) is 0 Å². The quantitative estimate of drug-likeness (QED) is 0.930. The molecule has 0 aromatic heterocycles. The lowest BCUT2D eigenvalue weighted by atomic mass is 10.0. The van der Waals surface area contributed by atoms with E-state index in [1.165, 1.54) is 4.90 Å². The van der Waals surface area contributed by atoms with E-state index in [0.717, 1.165) is 0 Å². The molecule has 1 rings (SSSR count). The molecule has 0 saturated carbocycles. The number of benzene rings is 1. The average molecular weight is 321 g/mol. The van der Waals surface area contributed by atoms with Gasteiger partial charge in [0.05, 0.1) is 22.7 Å². The maximum absolute atomic E-state index is 12.2. The fraction of sp³-hybridized carbons (Fsp3) is 0.417. The van der Waals surface area contributed by atoms with Gasteiger partial charge in [-0.3, -0.25) is 4.79 Å². The summed E-state index contributed by atoms with van der Waals surface area (Å²) in [5, 5.41) is 9.64. The van der Waals surface area contributed by atoms with E-state index in [1.807, 2.05) is 0 Å². The molecule has 0 bridgehead atoms. The van der Waals surface area contributed by atoms with E-state index in [0.29, 0.717) is 15.1 Å². The second-order valence-electron chi connectivity index (χ2n) is 4.44. The number of hydrogen-bond donors (Lipinski definition) is 1. The predicted octanol–water partition coefficient (Wildman–Crippen LogP) is 2.95. The van der Waals surface area contributed by atoms with Crippen molar-refractivity contribution in [3.63, 3.8) is 0 Å². The minimum Gasteiger partial charge on any atom is -0.394 e. The molecule has 0 unspecified atom stereocenters. The number of nitrogens with zero attached hydrogens (tertiary/aromatic N) is 1. The molecule has 0 aliphatic rings. The average Bonchev–Trinajstić information content (AvgIpc) is 2.30. The van der Waals surface area contributed by atoms with Gasteiger partial charge in [-0.15, -0.1) is 0 Å². The van der Waals surface area contributed by atoms with Crippen LogP contribution in [-0.4, -0.2) is 35.1 Å². The zero-order valence-corrected chi connectivity index (χ0v) is 12.3. The Labute approximate surface area is 115 Å². The Bertz CT molecular complexity index is 435. The summed E-state index contributed by atoms with van der Waals surface area (Å²) in [5.41, 5.74) is -0.201. The minimum atomic E-state index is -0.622. The molecular weight excluding hydrogens is 305 g/mol. The van der Waals surface area contributed by atoms with Crippen LogP contribution in [0.25, 0.3) is 0 Å². The molecule has 0 spiro atoms.